The number of hydrogen-bond acceptors (Lipinski definition) is 5. The summed E-state index contributed by atoms with van der Waals surface area (Å²) in [5.74, 6) is -0.257. The minimum Gasteiger partial charge on any atom is -0.496 e. The molecule has 3 rings (SSSR count). The van der Waals surface area contributed by atoms with Gasteiger partial charge in [0.1, 0.15) is 17.8 Å². The lowest BCUT2D eigenvalue weighted by Crippen LogP contribution is -2.46. The molecule has 0 aliphatic carbocycles. The van der Waals surface area contributed by atoms with Gasteiger partial charge in [-0.25, -0.2) is 4.79 Å². The predicted octanol–water partition coefficient (Wildman–Crippen LogP) is 2.25. The first kappa shape index (κ1) is 21.2. The number of ether oxygens (including phenoxy) is 1. The lowest BCUT2D eigenvalue weighted by Gasteiger charge is -2.22. The number of nitrogens with one attached hydrogen (secondary N) is 2. The molecule has 0 spiro atoms. The van der Waals surface area contributed by atoms with E-state index in [-0.39, 0.29) is 13.0 Å². The highest BCUT2D eigenvalue weighted by atomic mass is 16.5. The third-order valence-electron chi connectivity index (χ3n) is 5.05. The van der Waals surface area contributed by atoms with Gasteiger partial charge >= 0.3 is 6.03 Å². The molecule has 2 aromatic rings. The van der Waals surface area contributed by atoms with E-state index in [4.69, 9.17) is 4.74 Å². The number of urea groups is 1. The fourth-order valence-electron chi connectivity index (χ4n) is 3.43. The molecule has 4 amide bonds. The summed E-state index contributed by atoms with van der Waals surface area (Å²) in [6.45, 7) is 1.29. The van der Waals surface area contributed by atoms with E-state index in [0.29, 0.717) is 11.4 Å². The van der Waals surface area contributed by atoms with Crippen LogP contribution in [-0.2, 0) is 16.0 Å². The lowest BCUT2D eigenvalue weighted by molar-refractivity contribution is -0.133. The molecule has 0 bridgehead atoms. The van der Waals surface area contributed by atoms with E-state index in [0.717, 1.165) is 16.2 Å². The van der Waals surface area contributed by atoms with Crippen LogP contribution in [0.2, 0.25) is 0 Å². The van der Waals surface area contributed by atoms with Crippen molar-refractivity contribution in [3.05, 3.63) is 54.1 Å². The van der Waals surface area contributed by atoms with E-state index in [2.05, 4.69) is 10.6 Å². The molecule has 8 heteroatoms. The molecule has 1 aliphatic heterocycles. The molecule has 0 radical (unpaired) electrons. The number of nitrogens with zero attached hydrogens (tertiary/aromatic N) is 2. The second-order valence-corrected chi connectivity index (χ2v) is 7.63. The Morgan fingerprint density at radius 1 is 1.13 bits per heavy atom. The molecule has 8 nitrogen and oxygen atoms in total. The smallest absolute Gasteiger partial charge is 0.325 e. The molecular weight excluding hydrogens is 384 g/mol. The number of amides is 4. The molecule has 0 unspecified atom stereocenters. The van der Waals surface area contributed by atoms with E-state index in [1.165, 1.54) is 0 Å². The largest absolute Gasteiger partial charge is 0.496 e. The molecule has 1 fully saturated rings. The molecule has 1 heterocycles. The minimum absolute atomic E-state index is 0.256. The van der Waals surface area contributed by atoms with Gasteiger partial charge in [0.25, 0.3) is 5.91 Å². The highest BCUT2D eigenvalue weighted by Gasteiger charge is 2.48. The fourth-order valence-corrected chi connectivity index (χ4v) is 3.43. The third-order valence-corrected chi connectivity index (χ3v) is 5.05. The Morgan fingerprint density at radius 2 is 1.80 bits per heavy atom. The van der Waals surface area contributed by atoms with Gasteiger partial charge in [-0.05, 0) is 42.8 Å². The molecule has 2 N–H and O–H groups in total. The van der Waals surface area contributed by atoms with Crippen LogP contribution in [0.5, 0.6) is 5.75 Å². The maximum atomic E-state index is 13.0. The average molecular weight is 410 g/mol. The Bertz CT molecular complexity index is 958. The van der Waals surface area contributed by atoms with Crippen LogP contribution < -0.4 is 20.3 Å². The van der Waals surface area contributed by atoms with Gasteiger partial charge in [-0.3, -0.25) is 14.5 Å². The van der Waals surface area contributed by atoms with E-state index in [1.807, 2.05) is 49.3 Å². The summed E-state index contributed by atoms with van der Waals surface area (Å²) in [5.41, 5.74) is 1.23. The van der Waals surface area contributed by atoms with Crippen molar-refractivity contribution in [2.45, 2.75) is 18.9 Å². The summed E-state index contributed by atoms with van der Waals surface area (Å²) in [6.07, 6.45) is 0.256. The lowest BCUT2D eigenvalue weighted by atomic mass is 9.92. The topological polar surface area (TPSA) is 91.0 Å². The van der Waals surface area contributed by atoms with Gasteiger partial charge in [-0.15, -0.1) is 0 Å². The van der Waals surface area contributed by atoms with Gasteiger partial charge in [0.05, 0.1) is 7.11 Å². The number of para-hydroxylation sites is 1. The summed E-state index contributed by atoms with van der Waals surface area (Å²) in [4.78, 5) is 40.7. The normalized spacial score (nSPS) is 18.2. The maximum absolute atomic E-state index is 13.0. The summed E-state index contributed by atoms with van der Waals surface area (Å²) >= 11 is 0. The number of hydrogen-bond donors (Lipinski definition) is 2. The van der Waals surface area contributed by atoms with Gasteiger partial charge in [-0.1, -0.05) is 18.2 Å². The van der Waals surface area contributed by atoms with Crippen molar-refractivity contribution >= 4 is 29.2 Å². The van der Waals surface area contributed by atoms with Crippen LogP contribution in [0.1, 0.15) is 12.5 Å². The minimum atomic E-state index is -1.15. The van der Waals surface area contributed by atoms with Gasteiger partial charge in [0, 0.05) is 31.9 Å². The molecule has 30 heavy (non-hydrogen) atoms. The average Bonchev–Trinajstić information content (AvgIpc) is 2.91. The van der Waals surface area contributed by atoms with Crippen molar-refractivity contribution in [3.63, 3.8) is 0 Å². The first-order valence-corrected chi connectivity index (χ1v) is 9.57. The molecule has 1 aliphatic rings. The number of methoxy groups -OCH3 is 1. The Balaban J connectivity index is 1.67. The van der Waals surface area contributed by atoms with Gasteiger partial charge in [0.2, 0.25) is 5.91 Å². The van der Waals surface area contributed by atoms with Gasteiger partial charge in [0.15, 0.2) is 0 Å². The molecule has 0 saturated carbocycles. The number of imide groups is 1. The van der Waals surface area contributed by atoms with E-state index < -0.39 is 23.4 Å². The Morgan fingerprint density at radius 3 is 2.43 bits per heavy atom. The number of carbonyl (C=O) groups is 3. The van der Waals surface area contributed by atoms with Crippen LogP contribution in [-0.4, -0.2) is 56.0 Å². The van der Waals surface area contributed by atoms with Gasteiger partial charge < -0.3 is 20.3 Å². The Labute approximate surface area is 175 Å². The van der Waals surface area contributed by atoms with Crippen LogP contribution in [0.4, 0.5) is 16.2 Å². The number of carbonyl (C=O) groups excluding carboxylic acids is 3. The van der Waals surface area contributed by atoms with Crippen LogP contribution in [0.3, 0.4) is 0 Å². The zero-order valence-electron chi connectivity index (χ0n) is 17.6. The van der Waals surface area contributed by atoms with Crippen LogP contribution >= 0.6 is 0 Å². The Kier molecular flexibility index (Phi) is 5.96. The van der Waals surface area contributed by atoms with E-state index in [1.54, 1.807) is 32.2 Å². The second-order valence-electron chi connectivity index (χ2n) is 7.63. The molecule has 1 atom stereocenters. The first-order valence-electron chi connectivity index (χ1n) is 9.57. The number of rotatable bonds is 7. The highest BCUT2D eigenvalue weighted by Crippen LogP contribution is 2.27. The Hall–Kier alpha value is -3.55. The zero-order valence-corrected chi connectivity index (χ0v) is 17.6. The first-order chi connectivity index (χ1) is 14.2. The number of anilines is 2. The molecule has 2 aromatic carbocycles. The zero-order chi connectivity index (χ0) is 21.9. The van der Waals surface area contributed by atoms with Crippen LogP contribution in [0.15, 0.2) is 48.5 Å². The van der Waals surface area contributed by atoms with Crippen molar-refractivity contribution in [2.24, 2.45) is 0 Å². The number of benzene rings is 2. The van der Waals surface area contributed by atoms with Crippen molar-refractivity contribution in [3.8, 4) is 5.75 Å². The summed E-state index contributed by atoms with van der Waals surface area (Å²) in [5, 5.41) is 5.44. The summed E-state index contributed by atoms with van der Waals surface area (Å²) in [6, 6.07) is 14.0. The highest BCUT2D eigenvalue weighted by molar-refractivity contribution is 6.10. The standard InChI is InChI=1S/C22H26N4O4/c1-22(13-15-7-5-6-8-18(15)30-4)20(28)26(21(29)24-22)14-19(27)23-16-9-11-17(12-10-16)25(2)3/h5-12H,13-14H2,1-4H3,(H,23,27)(H,24,29)/t22-/m1/s1. The van der Waals surface area contributed by atoms with Crippen LogP contribution in [0.25, 0.3) is 0 Å². The SMILES string of the molecule is COc1ccccc1C[C@@]1(C)NC(=O)N(CC(=O)Nc2ccc(N(C)C)cc2)C1=O. The monoisotopic (exact) mass is 410 g/mol. The summed E-state index contributed by atoms with van der Waals surface area (Å²) in [7, 11) is 5.40. The maximum Gasteiger partial charge on any atom is 0.325 e. The van der Waals surface area contributed by atoms with Crippen molar-refractivity contribution in [1.82, 2.24) is 10.2 Å². The molecule has 0 aromatic heterocycles. The van der Waals surface area contributed by atoms with Gasteiger partial charge in [-0.2, -0.15) is 0 Å². The third kappa shape index (κ3) is 4.37. The second kappa shape index (κ2) is 8.44. The predicted molar refractivity (Wildman–Crippen MR) is 115 cm³/mol. The molecule has 1 saturated heterocycles. The summed E-state index contributed by atoms with van der Waals surface area (Å²) < 4.78 is 5.34. The fraction of sp³-hybridized carbons (Fsp3) is 0.318. The van der Waals surface area contributed by atoms with E-state index >= 15 is 0 Å². The van der Waals surface area contributed by atoms with Crippen molar-refractivity contribution in [2.75, 3.05) is 38.0 Å². The van der Waals surface area contributed by atoms with E-state index in [9.17, 15) is 14.4 Å². The van der Waals surface area contributed by atoms with Crippen LogP contribution in [0, 0.1) is 0 Å². The van der Waals surface area contributed by atoms with Crippen molar-refractivity contribution in [1.29, 1.82) is 0 Å². The van der Waals surface area contributed by atoms with Crippen molar-refractivity contribution < 1.29 is 19.1 Å². The molecular formula is C22H26N4O4. The molecule has 158 valence electrons. The quantitative estimate of drug-likeness (QED) is 0.684.